The van der Waals surface area contributed by atoms with Crippen LogP contribution in [0, 0.1) is 3.57 Å². The Morgan fingerprint density at radius 3 is 2.24 bits per heavy atom. The topological polar surface area (TPSA) is 40.5 Å². The van der Waals surface area contributed by atoms with Gasteiger partial charge in [-0.15, -0.1) is 0 Å². The van der Waals surface area contributed by atoms with Crippen LogP contribution in [0.25, 0.3) is 0 Å². The molecule has 0 spiro atoms. The van der Waals surface area contributed by atoms with Crippen molar-refractivity contribution in [2.45, 2.75) is 0 Å². The third kappa shape index (κ3) is 2.65. The third-order valence-electron chi connectivity index (χ3n) is 2.30. The monoisotopic (exact) mass is 339 g/mol. The molecule has 2 aromatic carbocycles. The largest absolute Gasteiger partial charge is 0.283 e. The molecule has 1 amide bonds. The van der Waals surface area contributed by atoms with E-state index in [1.807, 2.05) is 18.2 Å². The number of amides is 1. The number of carbonyl (C=O) groups is 1. The molecular formula is C13H10INO2. The minimum atomic E-state index is -0.429. The Morgan fingerprint density at radius 1 is 1.00 bits per heavy atom. The van der Waals surface area contributed by atoms with E-state index in [0.29, 0.717) is 16.3 Å². The van der Waals surface area contributed by atoms with Crippen LogP contribution in [0.4, 0.5) is 5.69 Å². The van der Waals surface area contributed by atoms with Crippen LogP contribution >= 0.6 is 22.6 Å². The van der Waals surface area contributed by atoms with Gasteiger partial charge in [0.15, 0.2) is 0 Å². The molecule has 4 heteroatoms. The molecule has 2 rings (SSSR count). The number of benzene rings is 2. The Morgan fingerprint density at radius 2 is 1.59 bits per heavy atom. The van der Waals surface area contributed by atoms with Gasteiger partial charge in [-0.2, -0.15) is 5.06 Å². The van der Waals surface area contributed by atoms with Gasteiger partial charge in [-0.1, -0.05) is 30.3 Å². The van der Waals surface area contributed by atoms with Gasteiger partial charge in [0.2, 0.25) is 0 Å². The maximum atomic E-state index is 12.0. The Kier molecular flexibility index (Phi) is 3.75. The number of carbonyl (C=O) groups excluding carboxylic acids is 1. The molecule has 0 heterocycles. The van der Waals surface area contributed by atoms with E-state index in [2.05, 4.69) is 22.6 Å². The molecule has 0 bridgehead atoms. The summed E-state index contributed by atoms with van der Waals surface area (Å²) in [6, 6.07) is 15.8. The fourth-order valence-electron chi connectivity index (χ4n) is 1.44. The molecule has 0 radical (unpaired) electrons. The number of hydroxylamine groups is 1. The molecular weight excluding hydrogens is 329 g/mol. The summed E-state index contributed by atoms with van der Waals surface area (Å²) < 4.78 is 0.810. The Bertz CT molecular complexity index is 528. The first kappa shape index (κ1) is 12.1. The molecule has 0 unspecified atom stereocenters. The number of nitrogens with zero attached hydrogens (tertiary/aromatic N) is 1. The van der Waals surface area contributed by atoms with Gasteiger partial charge in [-0.3, -0.25) is 10.0 Å². The highest BCUT2D eigenvalue weighted by Gasteiger charge is 2.17. The number of anilines is 1. The molecule has 3 nitrogen and oxygen atoms in total. The van der Waals surface area contributed by atoms with Crippen LogP contribution in [-0.4, -0.2) is 11.1 Å². The molecule has 0 aliphatic heterocycles. The van der Waals surface area contributed by atoms with Crippen molar-refractivity contribution in [1.29, 1.82) is 0 Å². The van der Waals surface area contributed by atoms with Gasteiger partial charge in [0.1, 0.15) is 0 Å². The highest BCUT2D eigenvalue weighted by Crippen LogP contribution is 2.18. The maximum absolute atomic E-state index is 12.0. The molecule has 0 fully saturated rings. The van der Waals surface area contributed by atoms with Gasteiger partial charge >= 0.3 is 0 Å². The zero-order valence-electron chi connectivity index (χ0n) is 8.88. The van der Waals surface area contributed by atoms with E-state index in [1.165, 1.54) is 0 Å². The number of hydrogen-bond donors (Lipinski definition) is 1. The van der Waals surface area contributed by atoms with E-state index >= 15 is 0 Å². The molecule has 17 heavy (non-hydrogen) atoms. The van der Waals surface area contributed by atoms with Crippen molar-refractivity contribution in [3.63, 3.8) is 0 Å². The van der Waals surface area contributed by atoms with E-state index in [1.54, 1.807) is 36.4 Å². The smallest absolute Gasteiger partial charge is 0.281 e. The summed E-state index contributed by atoms with van der Waals surface area (Å²) in [5, 5.41) is 10.5. The van der Waals surface area contributed by atoms with E-state index in [-0.39, 0.29) is 0 Å². The zero-order chi connectivity index (χ0) is 12.3. The van der Waals surface area contributed by atoms with Gasteiger partial charge in [0, 0.05) is 3.57 Å². The number of rotatable bonds is 2. The van der Waals surface area contributed by atoms with Crippen LogP contribution in [0.1, 0.15) is 10.4 Å². The molecule has 0 saturated carbocycles. The highest BCUT2D eigenvalue weighted by molar-refractivity contribution is 14.1. The summed E-state index contributed by atoms with van der Waals surface area (Å²) in [4.78, 5) is 12.0. The predicted molar refractivity (Wildman–Crippen MR) is 74.2 cm³/mol. The van der Waals surface area contributed by atoms with Crippen LogP contribution in [-0.2, 0) is 0 Å². The first-order valence-electron chi connectivity index (χ1n) is 5.03. The summed E-state index contributed by atoms with van der Waals surface area (Å²) in [7, 11) is 0. The molecule has 0 aromatic heterocycles. The molecule has 86 valence electrons. The third-order valence-corrected chi connectivity index (χ3v) is 3.24. The van der Waals surface area contributed by atoms with Crippen molar-refractivity contribution in [3.05, 3.63) is 63.7 Å². The van der Waals surface area contributed by atoms with Gasteiger partial charge in [0.05, 0.1) is 11.3 Å². The predicted octanol–water partition coefficient (Wildman–Crippen LogP) is 3.33. The molecule has 0 atom stereocenters. The number of halogens is 1. The minimum absolute atomic E-state index is 0.429. The minimum Gasteiger partial charge on any atom is -0.281 e. The summed E-state index contributed by atoms with van der Waals surface area (Å²) in [5.41, 5.74) is 0.941. The van der Waals surface area contributed by atoms with Crippen LogP contribution in [0.5, 0.6) is 0 Å². The van der Waals surface area contributed by atoms with Crippen LogP contribution in [0.15, 0.2) is 54.6 Å². The highest BCUT2D eigenvalue weighted by atomic mass is 127. The van der Waals surface area contributed by atoms with E-state index in [9.17, 15) is 10.0 Å². The first-order chi connectivity index (χ1) is 8.20. The van der Waals surface area contributed by atoms with E-state index < -0.39 is 5.91 Å². The Labute approximate surface area is 113 Å². The van der Waals surface area contributed by atoms with Crippen LogP contribution < -0.4 is 5.06 Å². The van der Waals surface area contributed by atoms with E-state index in [4.69, 9.17) is 0 Å². The summed E-state index contributed by atoms with van der Waals surface area (Å²) in [6.07, 6.45) is 0. The van der Waals surface area contributed by atoms with Crippen LogP contribution in [0.3, 0.4) is 0 Å². The summed E-state index contributed by atoms with van der Waals surface area (Å²) >= 11 is 2.07. The van der Waals surface area contributed by atoms with E-state index in [0.717, 1.165) is 3.57 Å². The number of hydrogen-bond acceptors (Lipinski definition) is 2. The number of para-hydroxylation sites is 1. The normalized spacial score (nSPS) is 10.0. The second-order valence-corrected chi connectivity index (χ2v) is 4.59. The van der Waals surface area contributed by atoms with Gasteiger partial charge in [-0.25, -0.2) is 0 Å². The molecule has 0 aliphatic carbocycles. The van der Waals surface area contributed by atoms with Crippen molar-refractivity contribution in [1.82, 2.24) is 0 Å². The Balaban J connectivity index is 2.30. The summed E-state index contributed by atoms with van der Waals surface area (Å²) in [5.74, 6) is -0.429. The van der Waals surface area contributed by atoms with Crippen LogP contribution in [0.2, 0.25) is 0 Å². The molecule has 1 N–H and O–H groups in total. The van der Waals surface area contributed by atoms with Crippen molar-refractivity contribution < 1.29 is 10.0 Å². The average molecular weight is 339 g/mol. The van der Waals surface area contributed by atoms with Crippen molar-refractivity contribution in [2.75, 3.05) is 5.06 Å². The summed E-state index contributed by atoms with van der Waals surface area (Å²) in [6.45, 7) is 0. The lowest BCUT2D eigenvalue weighted by atomic mass is 10.2. The fourth-order valence-corrected chi connectivity index (χ4v) is 2.05. The second-order valence-electron chi connectivity index (χ2n) is 3.43. The average Bonchev–Trinajstić information content (AvgIpc) is 2.39. The van der Waals surface area contributed by atoms with Crippen molar-refractivity contribution >= 4 is 34.2 Å². The standard InChI is InChI=1S/C13H10INO2/c14-12-9-5-4-8-11(12)13(16)15(17)10-6-2-1-3-7-10/h1-9,17H. The Hall–Kier alpha value is -1.40. The first-order valence-corrected chi connectivity index (χ1v) is 6.11. The van der Waals surface area contributed by atoms with Gasteiger partial charge < -0.3 is 0 Å². The second kappa shape index (κ2) is 5.29. The van der Waals surface area contributed by atoms with Gasteiger partial charge in [-0.05, 0) is 46.9 Å². The SMILES string of the molecule is O=C(c1ccccc1I)N(O)c1ccccc1. The molecule has 2 aromatic rings. The van der Waals surface area contributed by atoms with Crippen molar-refractivity contribution in [3.8, 4) is 0 Å². The van der Waals surface area contributed by atoms with Gasteiger partial charge in [0.25, 0.3) is 5.91 Å². The zero-order valence-corrected chi connectivity index (χ0v) is 11.0. The lowest BCUT2D eigenvalue weighted by Gasteiger charge is -2.15. The lowest BCUT2D eigenvalue weighted by Crippen LogP contribution is -2.27. The quantitative estimate of drug-likeness (QED) is 0.518. The molecule has 0 aliphatic rings. The lowest BCUT2D eigenvalue weighted by molar-refractivity contribution is 0.0854. The van der Waals surface area contributed by atoms with Crippen molar-refractivity contribution in [2.24, 2.45) is 0 Å². The molecule has 0 saturated heterocycles. The maximum Gasteiger partial charge on any atom is 0.283 e. The fraction of sp³-hybridized carbons (Fsp3) is 0.